The molecular weight excluding hydrogens is 350 g/mol. The lowest BCUT2D eigenvalue weighted by atomic mass is 10.1. The first kappa shape index (κ1) is 18.4. The third-order valence-electron chi connectivity index (χ3n) is 4.10. The molecule has 25 heavy (non-hydrogen) atoms. The molecule has 2 aromatic rings. The number of aromatic nitrogens is 1. The summed E-state index contributed by atoms with van der Waals surface area (Å²) in [5.74, 6) is -0.0809. The van der Waals surface area contributed by atoms with E-state index in [1.54, 1.807) is 11.8 Å². The Hall–Kier alpha value is -1.37. The lowest BCUT2D eigenvalue weighted by Gasteiger charge is -2.25. The van der Waals surface area contributed by atoms with E-state index in [4.69, 9.17) is 0 Å². The second kappa shape index (κ2) is 8.83. The van der Waals surface area contributed by atoms with Crippen molar-refractivity contribution in [3.8, 4) is 0 Å². The number of anilines is 1. The number of hydrogen-bond donors (Lipinski definition) is 1. The predicted molar refractivity (Wildman–Crippen MR) is 107 cm³/mol. The van der Waals surface area contributed by atoms with Crippen molar-refractivity contribution < 1.29 is 4.79 Å². The fourth-order valence-corrected chi connectivity index (χ4v) is 4.61. The van der Waals surface area contributed by atoms with Crippen LogP contribution in [-0.4, -0.2) is 34.1 Å². The van der Waals surface area contributed by atoms with Crippen molar-refractivity contribution in [2.45, 2.75) is 49.8 Å². The lowest BCUT2D eigenvalue weighted by molar-refractivity contribution is 0.102. The van der Waals surface area contributed by atoms with E-state index in [-0.39, 0.29) is 5.91 Å². The van der Waals surface area contributed by atoms with Crippen molar-refractivity contribution in [3.63, 3.8) is 0 Å². The summed E-state index contributed by atoms with van der Waals surface area (Å²) < 4.78 is 0. The molecule has 6 heteroatoms. The summed E-state index contributed by atoms with van der Waals surface area (Å²) in [6, 6.07) is 7.76. The van der Waals surface area contributed by atoms with Crippen molar-refractivity contribution in [1.82, 2.24) is 9.88 Å². The molecule has 1 fully saturated rings. The molecule has 4 nitrogen and oxygen atoms in total. The van der Waals surface area contributed by atoms with Crippen LogP contribution in [0.5, 0.6) is 0 Å². The van der Waals surface area contributed by atoms with Gasteiger partial charge in [0.2, 0.25) is 0 Å². The molecule has 134 valence electrons. The molecule has 0 radical (unpaired) electrons. The van der Waals surface area contributed by atoms with Gasteiger partial charge in [0.1, 0.15) is 0 Å². The van der Waals surface area contributed by atoms with Crippen LogP contribution >= 0.6 is 23.1 Å². The van der Waals surface area contributed by atoms with E-state index in [9.17, 15) is 4.79 Å². The summed E-state index contributed by atoms with van der Waals surface area (Å²) in [5.41, 5.74) is 1.76. The summed E-state index contributed by atoms with van der Waals surface area (Å²) >= 11 is 3.21. The number of amides is 1. The Labute approximate surface area is 158 Å². The van der Waals surface area contributed by atoms with Gasteiger partial charge in [0, 0.05) is 22.1 Å². The highest BCUT2D eigenvalue weighted by Crippen LogP contribution is 2.27. The molecule has 1 saturated heterocycles. The number of thiazole rings is 1. The van der Waals surface area contributed by atoms with Gasteiger partial charge >= 0.3 is 0 Å². The molecule has 0 unspecified atom stereocenters. The number of thioether (sulfide) groups is 1. The van der Waals surface area contributed by atoms with Gasteiger partial charge in [-0.2, -0.15) is 0 Å². The van der Waals surface area contributed by atoms with Crippen molar-refractivity contribution in [1.29, 1.82) is 0 Å². The van der Waals surface area contributed by atoms with Crippen LogP contribution in [-0.2, 0) is 6.54 Å². The Morgan fingerprint density at radius 2 is 2.04 bits per heavy atom. The Kier molecular flexibility index (Phi) is 6.51. The third kappa shape index (κ3) is 5.30. The highest BCUT2D eigenvalue weighted by atomic mass is 32.2. The zero-order valence-electron chi connectivity index (χ0n) is 14.8. The van der Waals surface area contributed by atoms with Gasteiger partial charge in [-0.25, -0.2) is 4.98 Å². The van der Waals surface area contributed by atoms with E-state index in [0.29, 0.717) is 15.9 Å². The SMILES string of the molecule is CC(C)Sc1ccccc1C(=O)Nc1nc(CN2CCCCC2)cs1. The highest BCUT2D eigenvalue weighted by molar-refractivity contribution is 8.00. The smallest absolute Gasteiger partial charge is 0.258 e. The van der Waals surface area contributed by atoms with Crippen LogP contribution in [0.2, 0.25) is 0 Å². The average Bonchev–Trinajstić information content (AvgIpc) is 3.02. The number of nitrogens with one attached hydrogen (secondary N) is 1. The van der Waals surface area contributed by atoms with Crippen molar-refractivity contribution in [2.24, 2.45) is 0 Å². The Morgan fingerprint density at radius 3 is 2.80 bits per heavy atom. The zero-order chi connectivity index (χ0) is 17.6. The number of piperidine rings is 1. The largest absolute Gasteiger partial charge is 0.298 e. The number of nitrogens with zero attached hydrogens (tertiary/aromatic N) is 2. The van der Waals surface area contributed by atoms with E-state index in [1.165, 1.54) is 30.6 Å². The van der Waals surface area contributed by atoms with Gasteiger partial charge in [0.05, 0.1) is 11.3 Å². The van der Waals surface area contributed by atoms with Gasteiger partial charge in [-0.05, 0) is 38.1 Å². The molecule has 2 heterocycles. The zero-order valence-corrected chi connectivity index (χ0v) is 16.5. The molecule has 1 N–H and O–H groups in total. The molecule has 1 aromatic heterocycles. The second-order valence-corrected chi connectivity index (χ2v) is 9.07. The monoisotopic (exact) mass is 375 g/mol. The van der Waals surface area contributed by atoms with Crippen LogP contribution in [0.3, 0.4) is 0 Å². The normalized spacial score (nSPS) is 15.5. The molecular formula is C19H25N3OS2. The van der Waals surface area contributed by atoms with Gasteiger partial charge in [-0.15, -0.1) is 23.1 Å². The fraction of sp³-hybridized carbons (Fsp3) is 0.474. The number of likely N-dealkylation sites (tertiary alicyclic amines) is 1. The third-order valence-corrected chi connectivity index (χ3v) is 5.99. The van der Waals surface area contributed by atoms with E-state index in [2.05, 4.69) is 34.4 Å². The lowest BCUT2D eigenvalue weighted by Crippen LogP contribution is -2.29. The molecule has 3 rings (SSSR count). The average molecular weight is 376 g/mol. The highest BCUT2D eigenvalue weighted by Gasteiger charge is 2.16. The Morgan fingerprint density at radius 1 is 1.28 bits per heavy atom. The summed E-state index contributed by atoms with van der Waals surface area (Å²) in [6.45, 7) is 7.45. The van der Waals surface area contributed by atoms with Gasteiger partial charge in [-0.1, -0.05) is 32.4 Å². The minimum atomic E-state index is -0.0809. The topological polar surface area (TPSA) is 45.2 Å². The number of hydrogen-bond acceptors (Lipinski definition) is 5. The van der Waals surface area contributed by atoms with E-state index in [1.807, 2.05) is 24.3 Å². The van der Waals surface area contributed by atoms with Crippen molar-refractivity contribution in [3.05, 3.63) is 40.9 Å². The quantitative estimate of drug-likeness (QED) is 0.731. The fourth-order valence-electron chi connectivity index (χ4n) is 2.96. The maximum absolute atomic E-state index is 12.6. The van der Waals surface area contributed by atoms with E-state index < -0.39 is 0 Å². The molecule has 0 bridgehead atoms. The van der Waals surface area contributed by atoms with Crippen LogP contribution in [0.25, 0.3) is 0 Å². The number of carbonyl (C=O) groups excluding carboxylic acids is 1. The van der Waals surface area contributed by atoms with Crippen molar-refractivity contribution >= 4 is 34.1 Å². The van der Waals surface area contributed by atoms with Crippen LogP contribution < -0.4 is 5.32 Å². The first-order chi connectivity index (χ1) is 12.1. The molecule has 0 saturated carbocycles. The van der Waals surface area contributed by atoms with Crippen LogP contribution in [0, 0.1) is 0 Å². The van der Waals surface area contributed by atoms with Gasteiger partial charge < -0.3 is 0 Å². The van der Waals surface area contributed by atoms with Crippen LogP contribution in [0.4, 0.5) is 5.13 Å². The molecule has 1 aromatic carbocycles. The summed E-state index contributed by atoms with van der Waals surface area (Å²) in [5, 5.41) is 6.14. The number of benzene rings is 1. The summed E-state index contributed by atoms with van der Waals surface area (Å²) in [4.78, 5) is 20.7. The number of carbonyl (C=O) groups is 1. The van der Waals surface area contributed by atoms with Gasteiger partial charge in [-0.3, -0.25) is 15.0 Å². The molecule has 0 atom stereocenters. The minimum absolute atomic E-state index is 0.0809. The predicted octanol–water partition coefficient (Wildman–Crippen LogP) is 4.88. The van der Waals surface area contributed by atoms with Crippen LogP contribution in [0.15, 0.2) is 34.5 Å². The molecule has 1 aliphatic rings. The maximum Gasteiger partial charge on any atom is 0.258 e. The maximum atomic E-state index is 12.6. The number of rotatable bonds is 6. The van der Waals surface area contributed by atoms with E-state index in [0.717, 1.165) is 30.2 Å². The first-order valence-corrected chi connectivity index (χ1v) is 10.6. The molecule has 1 aliphatic heterocycles. The Balaban J connectivity index is 1.63. The minimum Gasteiger partial charge on any atom is -0.298 e. The Bertz CT molecular complexity index is 708. The van der Waals surface area contributed by atoms with Gasteiger partial charge in [0.15, 0.2) is 5.13 Å². The summed E-state index contributed by atoms with van der Waals surface area (Å²) in [6.07, 6.45) is 3.89. The molecule has 1 amide bonds. The molecule has 0 spiro atoms. The van der Waals surface area contributed by atoms with Crippen LogP contribution in [0.1, 0.15) is 49.2 Å². The van der Waals surface area contributed by atoms with Crippen molar-refractivity contribution in [2.75, 3.05) is 18.4 Å². The van der Waals surface area contributed by atoms with E-state index >= 15 is 0 Å². The first-order valence-electron chi connectivity index (χ1n) is 8.85. The second-order valence-electron chi connectivity index (χ2n) is 6.60. The summed E-state index contributed by atoms with van der Waals surface area (Å²) in [7, 11) is 0. The molecule has 0 aliphatic carbocycles. The van der Waals surface area contributed by atoms with Gasteiger partial charge in [0.25, 0.3) is 5.91 Å². The standard InChI is InChI=1S/C19H25N3OS2/c1-14(2)25-17-9-5-4-8-16(17)18(23)21-19-20-15(13-24-19)12-22-10-6-3-7-11-22/h4-5,8-9,13-14H,3,6-7,10-12H2,1-2H3,(H,20,21,23).